The maximum atomic E-state index is 12.2. The van der Waals surface area contributed by atoms with Crippen molar-refractivity contribution < 1.29 is 14.3 Å². The van der Waals surface area contributed by atoms with E-state index in [0.29, 0.717) is 26.2 Å². The first-order valence-electron chi connectivity index (χ1n) is 7.68. The van der Waals surface area contributed by atoms with E-state index in [-0.39, 0.29) is 5.91 Å². The first-order valence-corrected chi connectivity index (χ1v) is 9.43. The van der Waals surface area contributed by atoms with Gasteiger partial charge in [0.05, 0.1) is 17.1 Å². The topological polar surface area (TPSA) is 64.6 Å². The molecule has 0 saturated heterocycles. The number of aryl methyl sites for hydroxylation is 1. The summed E-state index contributed by atoms with van der Waals surface area (Å²) in [7, 11) is 1.82. The van der Waals surface area contributed by atoms with Gasteiger partial charge in [0.2, 0.25) is 5.91 Å². The summed E-state index contributed by atoms with van der Waals surface area (Å²) in [6.07, 6.45) is 0.487. The zero-order valence-corrected chi connectivity index (χ0v) is 15.3. The van der Waals surface area contributed by atoms with Gasteiger partial charge in [-0.1, -0.05) is 4.49 Å². The van der Waals surface area contributed by atoms with E-state index < -0.39 is 0 Å². The monoisotopic (exact) mass is 365 g/mol. The minimum absolute atomic E-state index is 0.118. The van der Waals surface area contributed by atoms with Crippen LogP contribution in [0.25, 0.3) is 0 Å². The van der Waals surface area contributed by atoms with Crippen LogP contribution in [0.2, 0.25) is 0 Å². The van der Waals surface area contributed by atoms with Crippen molar-refractivity contribution in [1.29, 1.82) is 0 Å². The summed E-state index contributed by atoms with van der Waals surface area (Å²) in [4.78, 5) is 16.1. The van der Waals surface area contributed by atoms with Crippen molar-refractivity contribution in [2.75, 3.05) is 26.0 Å². The van der Waals surface area contributed by atoms with Gasteiger partial charge < -0.3 is 14.4 Å². The molecule has 0 atom stereocenters. The Morgan fingerprint density at radius 1 is 1.33 bits per heavy atom. The molecule has 0 unspecified atom stereocenters. The standard InChI is InChI=1S/C16H19N3O3S2/c1-11-15(24-18-17-11)10-19(2)16(20)5-8-23-12-3-4-13-14(9-12)22-7-6-21-13/h3-4,9H,5-8,10H2,1-2H3. The number of hydrogen-bond donors (Lipinski definition) is 0. The van der Waals surface area contributed by atoms with Crippen LogP contribution in [0.15, 0.2) is 23.1 Å². The van der Waals surface area contributed by atoms with Gasteiger partial charge in [0.15, 0.2) is 11.5 Å². The smallest absolute Gasteiger partial charge is 0.223 e. The number of carbonyl (C=O) groups is 1. The van der Waals surface area contributed by atoms with E-state index in [1.54, 1.807) is 16.7 Å². The second-order valence-corrected chi connectivity index (χ2v) is 7.44. The van der Waals surface area contributed by atoms with Crippen LogP contribution >= 0.6 is 23.3 Å². The normalized spacial score (nSPS) is 12.9. The largest absolute Gasteiger partial charge is 0.486 e. The lowest BCUT2D eigenvalue weighted by molar-refractivity contribution is -0.129. The predicted octanol–water partition coefficient (Wildman–Crippen LogP) is 2.76. The number of hydrogen-bond acceptors (Lipinski definition) is 7. The van der Waals surface area contributed by atoms with Crippen LogP contribution in [0, 0.1) is 6.92 Å². The summed E-state index contributed by atoms with van der Waals surface area (Å²) in [5.41, 5.74) is 0.894. The van der Waals surface area contributed by atoms with Gasteiger partial charge >= 0.3 is 0 Å². The fourth-order valence-electron chi connectivity index (χ4n) is 2.26. The number of fused-ring (bicyclic) bond motifs is 1. The van der Waals surface area contributed by atoms with Gasteiger partial charge in [-0.3, -0.25) is 4.79 Å². The third-order valence-electron chi connectivity index (χ3n) is 3.65. The van der Waals surface area contributed by atoms with Gasteiger partial charge in [-0.25, -0.2) is 0 Å². The van der Waals surface area contributed by atoms with E-state index >= 15 is 0 Å². The lowest BCUT2D eigenvalue weighted by Crippen LogP contribution is -2.26. The molecule has 0 aliphatic carbocycles. The Hall–Kier alpha value is -1.80. The van der Waals surface area contributed by atoms with Crippen molar-refractivity contribution >= 4 is 29.2 Å². The molecule has 1 aromatic heterocycles. The van der Waals surface area contributed by atoms with Crippen molar-refractivity contribution in [3.8, 4) is 11.5 Å². The van der Waals surface area contributed by atoms with E-state index in [1.165, 1.54) is 11.5 Å². The predicted molar refractivity (Wildman–Crippen MR) is 93.9 cm³/mol. The molecule has 2 aromatic rings. The lowest BCUT2D eigenvalue weighted by atomic mass is 10.3. The molecule has 1 aromatic carbocycles. The molecule has 1 aliphatic heterocycles. The van der Waals surface area contributed by atoms with Crippen LogP contribution in [-0.2, 0) is 11.3 Å². The maximum absolute atomic E-state index is 12.2. The van der Waals surface area contributed by atoms with Gasteiger partial charge in [-0.2, -0.15) is 0 Å². The molecule has 0 saturated carbocycles. The van der Waals surface area contributed by atoms with Crippen LogP contribution < -0.4 is 9.47 Å². The molecule has 3 rings (SSSR count). The van der Waals surface area contributed by atoms with Crippen LogP contribution in [0.4, 0.5) is 0 Å². The molecule has 24 heavy (non-hydrogen) atoms. The van der Waals surface area contributed by atoms with Crippen molar-refractivity contribution in [1.82, 2.24) is 14.5 Å². The molecule has 0 radical (unpaired) electrons. The van der Waals surface area contributed by atoms with Crippen molar-refractivity contribution in [3.05, 3.63) is 28.8 Å². The van der Waals surface area contributed by atoms with E-state index in [9.17, 15) is 4.79 Å². The molecular weight excluding hydrogens is 346 g/mol. The summed E-state index contributed by atoms with van der Waals surface area (Å²) >= 11 is 2.99. The zero-order valence-electron chi connectivity index (χ0n) is 13.7. The Bertz CT molecular complexity index is 720. The van der Waals surface area contributed by atoms with E-state index in [4.69, 9.17) is 9.47 Å². The van der Waals surface area contributed by atoms with Gasteiger partial charge in [-0.15, -0.1) is 16.9 Å². The second kappa shape index (κ2) is 7.85. The molecule has 6 nitrogen and oxygen atoms in total. The highest BCUT2D eigenvalue weighted by Gasteiger charge is 2.14. The highest BCUT2D eigenvalue weighted by molar-refractivity contribution is 7.99. The Morgan fingerprint density at radius 2 is 2.12 bits per heavy atom. The molecule has 0 spiro atoms. The number of thioether (sulfide) groups is 1. The Labute approximate surface area is 149 Å². The number of benzene rings is 1. The highest BCUT2D eigenvalue weighted by Crippen LogP contribution is 2.34. The third-order valence-corrected chi connectivity index (χ3v) is 5.45. The van der Waals surface area contributed by atoms with Crippen molar-refractivity contribution in [2.45, 2.75) is 24.8 Å². The quantitative estimate of drug-likeness (QED) is 0.734. The number of carbonyl (C=O) groups excluding carboxylic acids is 1. The van der Waals surface area contributed by atoms with Gasteiger partial charge in [-0.05, 0) is 36.7 Å². The van der Waals surface area contributed by atoms with Crippen LogP contribution in [0.1, 0.15) is 17.0 Å². The van der Waals surface area contributed by atoms with E-state index in [1.807, 2.05) is 32.2 Å². The summed E-state index contributed by atoms with van der Waals surface area (Å²) in [6, 6.07) is 5.89. The van der Waals surface area contributed by atoms with Crippen molar-refractivity contribution in [2.24, 2.45) is 0 Å². The molecule has 2 heterocycles. The van der Waals surface area contributed by atoms with Crippen LogP contribution in [-0.4, -0.2) is 46.4 Å². The number of rotatable bonds is 6. The zero-order chi connectivity index (χ0) is 16.9. The van der Waals surface area contributed by atoms with Gasteiger partial charge in [0.25, 0.3) is 0 Å². The SMILES string of the molecule is Cc1nnsc1CN(C)C(=O)CCSc1ccc2c(c1)OCCO2. The van der Waals surface area contributed by atoms with Crippen LogP contribution in [0.3, 0.4) is 0 Å². The Kier molecular flexibility index (Phi) is 5.57. The first-order chi connectivity index (χ1) is 11.6. The molecule has 1 aliphatic rings. The summed E-state index contributed by atoms with van der Waals surface area (Å²) in [6.45, 7) is 3.65. The number of ether oxygens (including phenoxy) is 2. The molecule has 0 fully saturated rings. The molecule has 8 heteroatoms. The number of aromatic nitrogens is 2. The fraction of sp³-hybridized carbons (Fsp3) is 0.438. The van der Waals surface area contributed by atoms with Crippen LogP contribution in [0.5, 0.6) is 11.5 Å². The summed E-state index contributed by atoms with van der Waals surface area (Å²) in [5.74, 6) is 2.41. The number of amides is 1. The summed E-state index contributed by atoms with van der Waals surface area (Å²) < 4.78 is 15.0. The molecular formula is C16H19N3O3S2. The molecule has 0 N–H and O–H groups in total. The average molecular weight is 365 g/mol. The minimum Gasteiger partial charge on any atom is -0.486 e. The van der Waals surface area contributed by atoms with E-state index in [2.05, 4.69) is 9.59 Å². The molecule has 128 valence electrons. The van der Waals surface area contributed by atoms with E-state index in [0.717, 1.165) is 32.7 Å². The highest BCUT2D eigenvalue weighted by atomic mass is 32.2. The van der Waals surface area contributed by atoms with Crippen molar-refractivity contribution in [3.63, 3.8) is 0 Å². The Balaban J connectivity index is 1.47. The van der Waals surface area contributed by atoms with Gasteiger partial charge in [0.1, 0.15) is 13.2 Å². The first kappa shape index (κ1) is 17.0. The Morgan fingerprint density at radius 3 is 2.88 bits per heavy atom. The molecule has 0 bridgehead atoms. The third kappa shape index (κ3) is 4.18. The lowest BCUT2D eigenvalue weighted by Gasteiger charge is -2.19. The average Bonchev–Trinajstić information content (AvgIpc) is 2.99. The number of nitrogens with zero attached hydrogens (tertiary/aromatic N) is 3. The fourth-order valence-corrected chi connectivity index (χ4v) is 3.81. The maximum Gasteiger partial charge on any atom is 0.223 e. The summed E-state index contributed by atoms with van der Waals surface area (Å²) in [5, 5.41) is 3.97. The van der Waals surface area contributed by atoms with Gasteiger partial charge in [0, 0.05) is 24.1 Å². The second-order valence-electron chi connectivity index (χ2n) is 5.44. The molecule has 1 amide bonds. The minimum atomic E-state index is 0.118.